The first-order valence-corrected chi connectivity index (χ1v) is 11.5. The van der Waals surface area contributed by atoms with Crippen molar-refractivity contribution in [2.45, 2.75) is 17.6 Å². The van der Waals surface area contributed by atoms with Crippen molar-refractivity contribution in [3.05, 3.63) is 59.1 Å². The number of carbonyl (C=O) groups excluding carboxylic acids is 1. The number of amides is 1. The summed E-state index contributed by atoms with van der Waals surface area (Å²) in [6, 6.07) is 11.8. The van der Waals surface area contributed by atoms with E-state index in [1.807, 2.05) is 12.1 Å². The number of rotatable bonds is 5. The molecule has 2 aliphatic heterocycles. The van der Waals surface area contributed by atoms with E-state index in [0.29, 0.717) is 42.5 Å². The fraction of sp³-hybridized carbons (Fsp3) is 0.391. The summed E-state index contributed by atoms with van der Waals surface area (Å²) in [5, 5.41) is 3.99. The average Bonchev–Trinajstić information content (AvgIpc) is 3.16. The number of alkyl halides is 4. The van der Waals surface area contributed by atoms with Gasteiger partial charge in [-0.15, -0.1) is 11.6 Å². The highest BCUT2D eigenvalue weighted by Crippen LogP contribution is 2.36. The van der Waals surface area contributed by atoms with Crippen molar-refractivity contribution in [1.82, 2.24) is 9.91 Å². The minimum Gasteiger partial charge on any atom is -0.495 e. The van der Waals surface area contributed by atoms with Crippen LogP contribution in [0.5, 0.6) is 5.75 Å². The molecule has 0 spiro atoms. The van der Waals surface area contributed by atoms with Gasteiger partial charge in [-0.05, 0) is 17.7 Å². The number of methoxy groups -OCH3 is 1. The molecule has 6 nitrogen and oxygen atoms in total. The second-order valence-corrected chi connectivity index (χ2v) is 8.90. The van der Waals surface area contributed by atoms with E-state index in [0.717, 1.165) is 10.7 Å². The van der Waals surface area contributed by atoms with E-state index in [4.69, 9.17) is 27.9 Å². The minimum atomic E-state index is -4.64. The lowest BCUT2D eigenvalue weighted by atomic mass is 10.0. The number of halogens is 5. The van der Waals surface area contributed by atoms with Crippen molar-refractivity contribution in [1.29, 1.82) is 0 Å². The molecule has 0 N–H and O–H groups in total. The molecule has 0 bridgehead atoms. The predicted octanol–water partition coefficient (Wildman–Crippen LogP) is 4.26. The van der Waals surface area contributed by atoms with Gasteiger partial charge >= 0.3 is 6.18 Å². The third kappa shape index (κ3) is 5.05. The fourth-order valence-corrected chi connectivity index (χ4v) is 4.79. The Bertz CT molecular complexity index is 1060. The third-order valence-electron chi connectivity index (χ3n) is 5.93. The highest BCUT2D eigenvalue weighted by molar-refractivity contribution is 6.36. The van der Waals surface area contributed by atoms with Gasteiger partial charge in [0.05, 0.1) is 17.8 Å². The number of carbonyl (C=O) groups is 1. The number of anilines is 1. The van der Waals surface area contributed by atoms with Gasteiger partial charge in [-0.2, -0.15) is 18.3 Å². The van der Waals surface area contributed by atoms with Gasteiger partial charge in [0.15, 0.2) is 6.04 Å². The fourth-order valence-electron chi connectivity index (χ4n) is 4.15. The molecule has 0 radical (unpaired) electrons. The van der Waals surface area contributed by atoms with Crippen LogP contribution in [0.15, 0.2) is 53.6 Å². The quantitative estimate of drug-likeness (QED) is 0.559. The molecular weight excluding hydrogens is 492 g/mol. The Morgan fingerprint density at radius 2 is 1.79 bits per heavy atom. The van der Waals surface area contributed by atoms with Gasteiger partial charge < -0.3 is 14.5 Å². The Balaban J connectivity index is 1.44. The lowest BCUT2D eigenvalue weighted by Crippen LogP contribution is -2.53. The van der Waals surface area contributed by atoms with E-state index in [1.165, 1.54) is 7.11 Å². The van der Waals surface area contributed by atoms with Crippen molar-refractivity contribution in [2.24, 2.45) is 5.10 Å². The van der Waals surface area contributed by atoms with E-state index < -0.39 is 30.0 Å². The molecule has 0 saturated carbocycles. The molecule has 11 heteroatoms. The van der Waals surface area contributed by atoms with Crippen molar-refractivity contribution in [3.8, 4) is 5.75 Å². The molecule has 0 aromatic heterocycles. The zero-order valence-electron chi connectivity index (χ0n) is 18.3. The van der Waals surface area contributed by atoms with Crippen LogP contribution in [0.1, 0.15) is 5.56 Å². The molecule has 34 heavy (non-hydrogen) atoms. The Morgan fingerprint density at radius 3 is 2.41 bits per heavy atom. The predicted molar refractivity (Wildman–Crippen MR) is 126 cm³/mol. The number of nitrogens with zero attached hydrogens (tertiary/aromatic N) is 4. The summed E-state index contributed by atoms with van der Waals surface area (Å²) in [6.45, 7) is 1.28. The lowest BCUT2D eigenvalue weighted by molar-refractivity contribution is -0.179. The monoisotopic (exact) mass is 514 g/mol. The number of hydrogen-bond acceptors (Lipinski definition) is 5. The maximum atomic E-state index is 13.8. The largest absolute Gasteiger partial charge is 0.495 e. The van der Waals surface area contributed by atoms with Crippen LogP contribution in [0, 0.1) is 0 Å². The van der Waals surface area contributed by atoms with Crippen LogP contribution in [0.25, 0.3) is 0 Å². The van der Waals surface area contributed by atoms with Crippen molar-refractivity contribution >= 4 is 40.5 Å². The number of hydrazone groups is 1. The van der Waals surface area contributed by atoms with Crippen molar-refractivity contribution in [3.63, 3.8) is 0 Å². The summed E-state index contributed by atoms with van der Waals surface area (Å²) in [5.74, 6) is 0.122. The number of hydrogen-bond donors (Lipinski definition) is 0. The Morgan fingerprint density at radius 1 is 1.12 bits per heavy atom. The highest BCUT2D eigenvalue weighted by atomic mass is 35.5. The average molecular weight is 515 g/mol. The van der Waals surface area contributed by atoms with Gasteiger partial charge in [-0.3, -0.25) is 9.80 Å². The van der Waals surface area contributed by atoms with Crippen LogP contribution in [0.4, 0.5) is 18.9 Å². The van der Waals surface area contributed by atoms with Crippen LogP contribution in [0.3, 0.4) is 0 Å². The van der Waals surface area contributed by atoms with Crippen LogP contribution >= 0.6 is 23.2 Å². The Labute approximate surface area is 205 Å². The van der Waals surface area contributed by atoms with E-state index in [9.17, 15) is 18.0 Å². The maximum absolute atomic E-state index is 13.8. The van der Waals surface area contributed by atoms with E-state index in [2.05, 4.69) is 10.0 Å². The standard InChI is InChI=1S/C23H23Cl2F3N4O2/c1-34-18-13-16(7-8-17(18)24)30-9-11-31(12-10-30)19(33)14-32-22(23(26,27)28)20(25)21(29-32)15-5-3-2-4-6-15/h2-8,13,20,22H,9-12,14H2,1H3. The topological polar surface area (TPSA) is 48.4 Å². The third-order valence-corrected chi connectivity index (χ3v) is 6.69. The summed E-state index contributed by atoms with van der Waals surface area (Å²) in [5.41, 5.74) is 1.50. The van der Waals surface area contributed by atoms with Gasteiger partial charge in [-0.1, -0.05) is 41.9 Å². The zero-order valence-corrected chi connectivity index (χ0v) is 19.8. The summed E-state index contributed by atoms with van der Waals surface area (Å²) in [6.07, 6.45) is -4.64. The molecule has 2 aliphatic rings. The number of ether oxygens (including phenoxy) is 1. The van der Waals surface area contributed by atoms with Gasteiger partial charge in [0.25, 0.3) is 0 Å². The molecular formula is C23H23Cl2F3N4O2. The second kappa shape index (κ2) is 9.92. The minimum absolute atomic E-state index is 0.110. The lowest BCUT2D eigenvalue weighted by Gasteiger charge is -2.37. The van der Waals surface area contributed by atoms with Gasteiger partial charge in [-0.25, -0.2) is 0 Å². The van der Waals surface area contributed by atoms with Crippen molar-refractivity contribution < 1.29 is 22.7 Å². The molecule has 1 amide bonds. The number of benzene rings is 2. The molecule has 2 heterocycles. The first kappa shape index (κ1) is 24.5. The highest BCUT2D eigenvalue weighted by Gasteiger charge is 2.53. The second-order valence-electron chi connectivity index (χ2n) is 8.02. The Kier molecular flexibility index (Phi) is 7.14. The summed E-state index contributed by atoms with van der Waals surface area (Å²) < 4.78 is 46.7. The van der Waals surface area contributed by atoms with Gasteiger partial charge in [0, 0.05) is 37.9 Å². The molecule has 1 saturated heterocycles. The molecule has 4 rings (SSSR count). The normalized spacial score (nSPS) is 21.0. The summed E-state index contributed by atoms with van der Waals surface area (Å²) in [4.78, 5) is 16.5. The first-order valence-electron chi connectivity index (χ1n) is 10.7. The van der Waals surface area contributed by atoms with E-state index >= 15 is 0 Å². The molecule has 2 aromatic rings. The van der Waals surface area contributed by atoms with E-state index in [-0.39, 0.29) is 5.71 Å². The summed E-state index contributed by atoms with van der Waals surface area (Å²) >= 11 is 12.3. The van der Waals surface area contributed by atoms with Gasteiger partial charge in [0.1, 0.15) is 17.7 Å². The van der Waals surface area contributed by atoms with Crippen molar-refractivity contribution in [2.75, 3.05) is 44.7 Å². The SMILES string of the molecule is COc1cc(N2CCN(C(=O)CN3N=C(c4ccccc4)C(Cl)C3C(F)(F)F)CC2)ccc1Cl. The molecule has 1 fully saturated rings. The van der Waals surface area contributed by atoms with Crippen LogP contribution in [-0.2, 0) is 4.79 Å². The van der Waals surface area contributed by atoms with E-state index in [1.54, 1.807) is 41.3 Å². The van der Waals surface area contributed by atoms with Crippen LogP contribution < -0.4 is 9.64 Å². The molecule has 2 atom stereocenters. The molecule has 2 unspecified atom stereocenters. The summed E-state index contributed by atoms with van der Waals surface area (Å²) in [7, 11) is 1.53. The smallest absolute Gasteiger partial charge is 0.412 e. The Hall–Kier alpha value is -2.65. The first-order chi connectivity index (χ1) is 16.2. The molecule has 0 aliphatic carbocycles. The number of piperazine rings is 1. The molecule has 2 aromatic carbocycles. The van der Waals surface area contributed by atoms with Crippen LogP contribution in [0.2, 0.25) is 5.02 Å². The maximum Gasteiger partial charge on any atom is 0.412 e. The van der Waals surface area contributed by atoms with Crippen LogP contribution in [-0.4, -0.2) is 79.0 Å². The zero-order chi connectivity index (χ0) is 24.5. The van der Waals surface area contributed by atoms with Gasteiger partial charge in [0.2, 0.25) is 5.91 Å². The molecule has 182 valence electrons.